The summed E-state index contributed by atoms with van der Waals surface area (Å²) in [6, 6.07) is 15.9. The van der Waals surface area contributed by atoms with Gasteiger partial charge in [-0.25, -0.2) is 24.9 Å². The normalized spacial score (nSPS) is 11.5. The average molecular weight is 841 g/mol. The lowest BCUT2D eigenvalue weighted by Gasteiger charge is -2.23. The van der Waals surface area contributed by atoms with Gasteiger partial charge in [0.25, 0.3) is 0 Å². The molecule has 2 amide bonds. The van der Waals surface area contributed by atoms with Gasteiger partial charge in [0.15, 0.2) is 3.92 Å². The van der Waals surface area contributed by atoms with E-state index in [-0.39, 0.29) is 11.8 Å². The predicted molar refractivity (Wildman–Crippen MR) is 224 cm³/mol. The minimum absolute atomic E-state index is 0.0111. The third kappa shape index (κ3) is 12.3. The van der Waals surface area contributed by atoms with Crippen molar-refractivity contribution in [3.63, 3.8) is 0 Å². The van der Waals surface area contributed by atoms with Crippen molar-refractivity contribution in [2.75, 3.05) is 10.6 Å². The number of aromatic amines is 2. The fraction of sp³-hybridized carbons (Fsp3) is 0.390. The number of H-pyrrole nitrogens is 2. The lowest BCUT2D eigenvalue weighted by atomic mass is 10.1. The maximum Gasteiger partial charge on any atom is 0.225 e. The van der Waals surface area contributed by atoms with Crippen molar-refractivity contribution in [1.29, 1.82) is 0 Å². The number of nitrogens with zero attached hydrogens (tertiary/aromatic N) is 7. The number of halogens is 1. The molecule has 0 saturated heterocycles. The van der Waals surface area contributed by atoms with Crippen molar-refractivity contribution in [2.45, 2.75) is 104 Å². The number of rotatable bonds is 22. The molecule has 0 unspecified atom stereocenters. The van der Waals surface area contributed by atoms with Crippen LogP contribution in [0.15, 0.2) is 77.2 Å². The van der Waals surface area contributed by atoms with Crippen LogP contribution >= 0.6 is 27.3 Å². The molecule has 0 aliphatic rings. The second-order valence-electron chi connectivity index (χ2n) is 13.9. The molecule has 0 fully saturated rings. The van der Waals surface area contributed by atoms with E-state index in [9.17, 15) is 9.59 Å². The number of pyridine rings is 2. The van der Waals surface area contributed by atoms with Crippen LogP contribution in [0, 0.1) is 0 Å². The minimum atomic E-state index is -0.0127. The predicted octanol–water partition coefficient (Wildman–Crippen LogP) is 8.74. The van der Waals surface area contributed by atoms with E-state index in [0.29, 0.717) is 63.7 Å². The van der Waals surface area contributed by atoms with Crippen molar-refractivity contribution in [2.24, 2.45) is 0 Å². The highest BCUT2D eigenvalue weighted by Gasteiger charge is 2.20. The third-order valence-corrected chi connectivity index (χ3v) is 10.8. The molecule has 0 radical (unpaired) electrons. The molecular weight excluding hydrogens is 790 g/mol. The van der Waals surface area contributed by atoms with Crippen molar-refractivity contribution in [1.82, 2.24) is 44.7 Å². The number of anilines is 2. The summed E-state index contributed by atoms with van der Waals surface area (Å²) in [6.07, 6.45) is 14.1. The molecule has 56 heavy (non-hydrogen) atoms. The minimum Gasteiger partial charge on any atom is -0.348 e. The van der Waals surface area contributed by atoms with Gasteiger partial charge in [-0.05, 0) is 64.2 Å². The van der Waals surface area contributed by atoms with E-state index in [0.717, 1.165) is 86.8 Å². The molecule has 0 aliphatic carbocycles. The van der Waals surface area contributed by atoms with Crippen LogP contribution in [-0.4, -0.2) is 56.5 Å². The van der Waals surface area contributed by atoms with Gasteiger partial charge in [-0.2, -0.15) is 0 Å². The van der Waals surface area contributed by atoms with Crippen LogP contribution in [0.5, 0.6) is 0 Å². The molecule has 6 aromatic rings. The van der Waals surface area contributed by atoms with Crippen LogP contribution in [0.2, 0.25) is 0 Å². The second-order valence-corrected chi connectivity index (χ2v) is 16.2. The number of carbonyl (C=O) groups excluding carboxylic acids is 2. The molecular formula is C41H50BrN11O2S. The Balaban J connectivity index is 1.21. The maximum absolute atomic E-state index is 12.5. The highest BCUT2D eigenvalue weighted by atomic mass is 79.9. The molecule has 5 heterocycles. The fourth-order valence-corrected chi connectivity index (χ4v) is 8.07. The molecule has 13 nitrogen and oxygen atoms in total. The molecule has 5 aromatic heterocycles. The number of unbranched alkanes of at least 4 members (excludes halogenated alkanes) is 4. The van der Waals surface area contributed by atoms with E-state index in [1.165, 1.54) is 0 Å². The molecule has 0 spiro atoms. The Labute approximate surface area is 340 Å². The zero-order valence-corrected chi connectivity index (χ0v) is 34.5. The van der Waals surface area contributed by atoms with Crippen LogP contribution < -0.4 is 10.6 Å². The van der Waals surface area contributed by atoms with E-state index < -0.39 is 0 Å². The number of hydrogen-bond donors (Lipinski definition) is 4. The summed E-state index contributed by atoms with van der Waals surface area (Å²) in [6.45, 7) is 7.71. The average Bonchev–Trinajstić information content (AvgIpc) is 3.97. The zero-order valence-electron chi connectivity index (χ0n) is 32.1. The number of thiazole rings is 1. The molecule has 15 heteroatoms. The number of hydrogen-bond acceptors (Lipinski definition) is 10. The Morgan fingerprint density at radius 3 is 1.68 bits per heavy atom. The van der Waals surface area contributed by atoms with Crippen LogP contribution in [0.3, 0.4) is 0 Å². The van der Waals surface area contributed by atoms with Crippen molar-refractivity contribution >= 4 is 60.9 Å². The maximum atomic E-state index is 12.5. The molecule has 0 bridgehead atoms. The topological polar surface area (TPSA) is 161 Å². The second kappa shape index (κ2) is 20.9. The van der Waals surface area contributed by atoms with E-state index in [1.807, 2.05) is 48.8 Å². The summed E-state index contributed by atoms with van der Waals surface area (Å²) < 4.78 is 1.91. The summed E-state index contributed by atoms with van der Waals surface area (Å²) in [5.41, 5.74) is 4.86. The number of benzene rings is 1. The van der Waals surface area contributed by atoms with Gasteiger partial charge in [-0.3, -0.25) is 19.4 Å². The molecule has 0 aliphatic heterocycles. The summed E-state index contributed by atoms with van der Waals surface area (Å²) in [5, 5.41) is 5.95. The van der Waals surface area contributed by atoms with Gasteiger partial charge < -0.3 is 20.6 Å². The Morgan fingerprint density at radius 1 is 0.661 bits per heavy atom. The smallest absolute Gasteiger partial charge is 0.225 e. The van der Waals surface area contributed by atoms with E-state index in [2.05, 4.69) is 82.3 Å². The van der Waals surface area contributed by atoms with Crippen molar-refractivity contribution in [3.8, 4) is 0 Å². The number of amides is 2. The van der Waals surface area contributed by atoms with Crippen LogP contribution in [0.1, 0.15) is 99.4 Å². The van der Waals surface area contributed by atoms with Crippen LogP contribution in [-0.2, 0) is 48.9 Å². The van der Waals surface area contributed by atoms with Gasteiger partial charge in [0.05, 0.1) is 34.7 Å². The van der Waals surface area contributed by atoms with Crippen LogP contribution in [0.4, 0.5) is 11.6 Å². The van der Waals surface area contributed by atoms with Crippen molar-refractivity contribution < 1.29 is 9.59 Å². The lowest BCUT2D eigenvalue weighted by molar-refractivity contribution is -0.117. The number of nitrogens with one attached hydrogen (secondary N) is 4. The quantitative estimate of drug-likeness (QED) is 0.0490. The van der Waals surface area contributed by atoms with Gasteiger partial charge >= 0.3 is 0 Å². The molecule has 0 saturated carbocycles. The van der Waals surface area contributed by atoms with Gasteiger partial charge in [0.2, 0.25) is 11.8 Å². The number of fused-ring (bicyclic) bond motifs is 1. The Morgan fingerprint density at radius 2 is 1.18 bits per heavy atom. The number of imidazole rings is 2. The van der Waals surface area contributed by atoms with E-state index in [4.69, 9.17) is 15.0 Å². The fourth-order valence-electron chi connectivity index (χ4n) is 6.56. The first-order chi connectivity index (χ1) is 27.3. The van der Waals surface area contributed by atoms with E-state index >= 15 is 0 Å². The van der Waals surface area contributed by atoms with E-state index in [1.54, 1.807) is 23.7 Å². The van der Waals surface area contributed by atoms with Gasteiger partial charge in [0.1, 0.15) is 23.3 Å². The SMILES string of the molecule is CCCCCC(=O)Nc1cccc(CN(Cc2ncc[nH]2)Cc2ccc(CN(Cc3cccc(NC(=O)CCCCC)n3)Cc3ncc[nH]3)c3sc(Br)nc23)n1. The summed E-state index contributed by atoms with van der Waals surface area (Å²) in [7, 11) is 0. The largest absolute Gasteiger partial charge is 0.348 e. The first-order valence-electron chi connectivity index (χ1n) is 19.3. The number of carbonyl (C=O) groups is 2. The standard InChI is InChI=1S/C41H50BrN11O2S/c1-3-5-7-15-37(54)49-33-13-9-11-31(47-33)25-52(27-35-43-19-20-44-35)23-29-17-18-30(40-39(29)51-41(42)56-40)24-53(28-36-45-21-22-46-36)26-32-12-10-14-34(48-32)50-38(55)16-8-6-4-2/h9-14,17-22H,3-8,15-16,23-28H2,1-2H3,(H,43,44)(H,45,46)(H,47,49,54)(H,48,50,55). The summed E-state index contributed by atoms with van der Waals surface area (Å²) in [5.74, 6) is 2.80. The van der Waals surface area contributed by atoms with Gasteiger partial charge in [-0.15, -0.1) is 11.3 Å². The summed E-state index contributed by atoms with van der Waals surface area (Å²) in [4.78, 5) is 59.7. The third-order valence-electron chi connectivity index (χ3n) is 9.26. The first-order valence-corrected chi connectivity index (χ1v) is 21.0. The van der Waals surface area contributed by atoms with Gasteiger partial charge in [0, 0.05) is 63.8 Å². The molecule has 6 rings (SSSR count). The molecule has 294 valence electrons. The Kier molecular flexibility index (Phi) is 15.2. The van der Waals surface area contributed by atoms with Gasteiger partial charge in [-0.1, -0.05) is 63.8 Å². The Bertz CT molecular complexity index is 1990. The van der Waals surface area contributed by atoms with Crippen LogP contribution in [0.25, 0.3) is 10.2 Å². The highest BCUT2D eigenvalue weighted by Crippen LogP contribution is 2.33. The number of aromatic nitrogens is 7. The van der Waals surface area contributed by atoms with Crippen molar-refractivity contribution in [3.05, 3.63) is 111 Å². The zero-order chi connectivity index (χ0) is 39.1. The molecule has 4 N–H and O–H groups in total. The lowest BCUT2D eigenvalue weighted by Crippen LogP contribution is -2.25. The highest BCUT2D eigenvalue weighted by molar-refractivity contribution is 9.11. The molecule has 1 aromatic carbocycles. The molecule has 0 atom stereocenters. The monoisotopic (exact) mass is 839 g/mol. The summed E-state index contributed by atoms with van der Waals surface area (Å²) >= 11 is 5.31. The Hall–Kier alpha value is -4.83. The first kappa shape index (κ1) is 40.8.